The largest absolute Gasteiger partial charge is 0.508 e. The van der Waals surface area contributed by atoms with Crippen molar-refractivity contribution in [3.05, 3.63) is 70.4 Å². The second-order valence-electron chi connectivity index (χ2n) is 9.65. The molecule has 0 amide bonds. The number of aliphatic hydroxyl groups is 1. The molecule has 0 radical (unpaired) electrons. The maximum atomic E-state index is 10.9. The smallest absolute Gasteiger partial charge is 0.320 e. The monoisotopic (exact) mass is 876 g/mol. The van der Waals surface area contributed by atoms with Crippen molar-refractivity contribution in [3.8, 4) is 28.7 Å². The molecule has 0 aliphatic carbocycles. The van der Waals surface area contributed by atoms with Crippen molar-refractivity contribution in [1.82, 2.24) is 5.32 Å². The van der Waals surface area contributed by atoms with Gasteiger partial charge in [-0.25, -0.2) is 0 Å². The van der Waals surface area contributed by atoms with E-state index in [1.54, 1.807) is 24.3 Å². The van der Waals surface area contributed by atoms with Crippen molar-refractivity contribution in [2.24, 2.45) is 5.73 Å². The molecule has 0 aliphatic rings. The Kier molecular flexibility index (Phi) is 12.8. The fourth-order valence-corrected chi connectivity index (χ4v) is 5.07. The highest BCUT2D eigenvalue weighted by molar-refractivity contribution is 14.1. The average Bonchev–Trinajstić information content (AvgIpc) is 2.83. The highest BCUT2D eigenvalue weighted by atomic mass is 127. The second kappa shape index (κ2) is 14.9. The van der Waals surface area contributed by atoms with Gasteiger partial charge in [0.05, 0.1) is 13.2 Å². The topological polar surface area (TPSA) is 165 Å². The first-order chi connectivity index (χ1) is 18.1. The molecular weight excluding hydrogens is 845 g/mol. The van der Waals surface area contributed by atoms with Gasteiger partial charge in [0.15, 0.2) is 0 Å². The Bertz CT molecular complexity index is 1280. The fraction of sp³-hybridized carbons (Fsp3) is 0.296. The van der Waals surface area contributed by atoms with Crippen LogP contribution in [-0.2, 0) is 11.2 Å². The summed E-state index contributed by atoms with van der Waals surface area (Å²) in [6.45, 7) is 6.37. The van der Waals surface area contributed by atoms with E-state index in [1.807, 2.05) is 26.8 Å². The van der Waals surface area contributed by atoms with E-state index in [0.29, 0.717) is 23.6 Å². The molecule has 3 rings (SSSR count). The minimum Gasteiger partial charge on any atom is -0.508 e. The Hall–Kier alpha value is -1.60. The van der Waals surface area contributed by atoms with E-state index in [-0.39, 0.29) is 29.2 Å². The lowest BCUT2D eigenvalue weighted by Gasteiger charge is -2.23. The molecule has 0 fully saturated rings. The number of phenols is 3. The van der Waals surface area contributed by atoms with Crippen LogP contribution in [-0.4, -0.2) is 49.6 Å². The standard InChI is InChI=1S/C15H12I3NO4.C12H19NO3/c16-9-6-8(20)2-4-11(9)23-12-3-1-7(13(17)14(12)18)5-10(19)15(21)22;1-12(2,3)13-7-11(16)8-4-9(14)6-10(15)5-8/h1-4,6,10,20H,5,19H2,(H,21,22);4-6,11,13-16H,7H2,1-3H3. The van der Waals surface area contributed by atoms with E-state index in [2.05, 4.69) is 73.1 Å². The van der Waals surface area contributed by atoms with Crippen LogP contribution >= 0.6 is 67.8 Å². The van der Waals surface area contributed by atoms with Gasteiger partial charge in [0, 0.05) is 21.7 Å². The SMILES string of the molecule is CC(C)(C)NCC(O)c1cc(O)cc(O)c1.NC(Cc1ccc(Oc2ccc(O)cc2I)c(I)c1I)C(=O)O. The van der Waals surface area contributed by atoms with Crippen molar-refractivity contribution < 1.29 is 35.1 Å². The number of halogens is 3. The first-order valence-electron chi connectivity index (χ1n) is 11.6. The third-order valence-electron chi connectivity index (χ3n) is 5.15. The molecule has 0 saturated heterocycles. The van der Waals surface area contributed by atoms with Crippen LogP contribution in [0.2, 0.25) is 0 Å². The summed E-state index contributed by atoms with van der Waals surface area (Å²) in [4.78, 5) is 10.9. The van der Waals surface area contributed by atoms with Crippen LogP contribution in [0.25, 0.3) is 0 Å². The second-order valence-corrected chi connectivity index (χ2v) is 13.0. The molecule has 212 valence electrons. The van der Waals surface area contributed by atoms with Crippen LogP contribution in [0.4, 0.5) is 0 Å². The maximum absolute atomic E-state index is 10.9. The number of aromatic hydroxyl groups is 3. The highest BCUT2D eigenvalue weighted by Gasteiger charge is 2.18. The molecule has 2 unspecified atom stereocenters. The van der Waals surface area contributed by atoms with Gasteiger partial charge >= 0.3 is 5.97 Å². The minimum absolute atomic E-state index is 0.0511. The Balaban J connectivity index is 0.000000293. The van der Waals surface area contributed by atoms with E-state index in [4.69, 9.17) is 15.6 Å². The van der Waals surface area contributed by atoms with Crippen LogP contribution in [0.3, 0.4) is 0 Å². The highest BCUT2D eigenvalue weighted by Crippen LogP contribution is 2.35. The Labute approximate surface area is 268 Å². The molecular formula is C27H31I3N2O7. The molecule has 2 atom stereocenters. The Morgan fingerprint density at radius 3 is 2.05 bits per heavy atom. The van der Waals surface area contributed by atoms with E-state index >= 15 is 0 Å². The summed E-state index contributed by atoms with van der Waals surface area (Å²) < 4.78 is 8.51. The number of nitrogens with one attached hydrogen (secondary N) is 1. The summed E-state index contributed by atoms with van der Waals surface area (Å²) in [5.41, 5.74) is 6.89. The van der Waals surface area contributed by atoms with Crippen LogP contribution in [0.1, 0.15) is 38.0 Å². The number of hydrogen-bond acceptors (Lipinski definition) is 8. The molecule has 0 aromatic heterocycles. The van der Waals surface area contributed by atoms with Gasteiger partial charge in [0.25, 0.3) is 0 Å². The quantitative estimate of drug-likeness (QED) is 0.146. The molecule has 39 heavy (non-hydrogen) atoms. The van der Waals surface area contributed by atoms with Crippen molar-refractivity contribution in [1.29, 1.82) is 0 Å². The van der Waals surface area contributed by atoms with Gasteiger partial charge in [-0.3, -0.25) is 4.79 Å². The molecule has 0 saturated carbocycles. The molecule has 12 heteroatoms. The summed E-state index contributed by atoms with van der Waals surface area (Å²) in [5, 5.41) is 49.9. The molecule has 3 aromatic carbocycles. The molecule has 0 heterocycles. The van der Waals surface area contributed by atoms with E-state index in [0.717, 1.165) is 16.3 Å². The minimum atomic E-state index is -1.02. The van der Waals surface area contributed by atoms with Crippen molar-refractivity contribution >= 4 is 73.7 Å². The molecule has 0 bridgehead atoms. The van der Waals surface area contributed by atoms with Gasteiger partial charge in [-0.1, -0.05) is 6.07 Å². The molecule has 9 nitrogen and oxygen atoms in total. The van der Waals surface area contributed by atoms with Gasteiger partial charge in [0.1, 0.15) is 34.8 Å². The van der Waals surface area contributed by atoms with E-state index in [9.17, 15) is 25.2 Å². The van der Waals surface area contributed by atoms with Crippen LogP contribution in [0.5, 0.6) is 28.7 Å². The Morgan fingerprint density at radius 2 is 1.51 bits per heavy atom. The predicted molar refractivity (Wildman–Crippen MR) is 175 cm³/mol. The normalized spacial score (nSPS) is 12.7. The summed E-state index contributed by atoms with van der Waals surface area (Å²) in [7, 11) is 0. The zero-order valence-corrected chi connectivity index (χ0v) is 27.9. The van der Waals surface area contributed by atoms with Crippen molar-refractivity contribution in [3.63, 3.8) is 0 Å². The van der Waals surface area contributed by atoms with Gasteiger partial charge in [-0.2, -0.15) is 0 Å². The number of hydrogen-bond donors (Lipinski definition) is 7. The van der Waals surface area contributed by atoms with Gasteiger partial charge in [-0.05, 0) is 142 Å². The third-order valence-corrected chi connectivity index (χ3v) is 9.33. The Morgan fingerprint density at radius 1 is 0.923 bits per heavy atom. The number of carboxylic acids is 1. The fourth-order valence-electron chi connectivity index (χ4n) is 3.15. The predicted octanol–water partition coefficient (Wildman–Crippen LogP) is 5.47. The zero-order chi connectivity index (χ0) is 29.5. The molecule has 3 aromatic rings. The molecule has 0 spiro atoms. The van der Waals surface area contributed by atoms with Gasteiger partial charge < -0.3 is 41.3 Å². The molecule has 8 N–H and O–H groups in total. The summed E-state index contributed by atoms with van der Waals surface area (Å²) >= 11 is 6.43. The number of β-amino-alcohol motifs (C(OH)–C–C–N with tert-alkyl or cyclic N) is 1. The maximum Gasteiger partial charge on any atom is 0.320 e. The average molecular weight is 876 g/mol. The van der Waals surface area contributed by atoms with Crippen LogP contribution in [0.15, 0.2) is 48.5 Å². The number of rotatable bonds is 8. The van der Waals surface area contributed by atoms with Crippen molar-refractivity contribution in [2.75, 3.05) is 6.54 Å². The van der Waals surface area contributed by atoms with Gasteiger partial charge in [0.2, 0.25) is 0 Å². The van der Waals surface area contributed by atoms with Gasteiger partial charge in [-0.15, -0.1) is 0 Å². The van der Waals surface area contributed by atoms with E-state index in [1.165, 1.54) is 18.2 Å². The number of carbonyl (C=O) groups is 1. The lowest BCUT2D eigenvalue weighted by molar-refractivity contribution is -0.138. The van der Waals surface area contributed by atoms with E-state index < -0.39 is 18.1 Å². The summed E-state index contributed by atoms with van der Waals surface area (Å²) in [6.07, 6.45) is -0.488. The lowest BCUT2D eigenvalue weighted by Crippen LogP contribution is -2.38. The summed E-state index contributed by atoms with van der Waals surface area (Å²) in [6, 6.07) is 11.7. The number of nitrogens with two attached hydrogens (primary N) is 1. The number of aliphatic hydroxyl groups excluding tert-OH is 1. The summed E-state index contributed by atoms with van der Waals surface area (Å²) in [5.74, 6) is 0.381. The number of carboxylic acid groups (broad SMARTS) is 1. The number of phenolic OH excluding ortho intramolecular Hbond substituents is 3. The lowest BCUT2D eigenvalue weighted by atomic mass is 10.1. The van der Waals surface area contributed by atoms with Crippen LogP contribution in [0, 0.1) is 10.7 Å². The first-order valence-corrected chi connectivity index (χ1v) is 14.9. The third kappa shape index (κ3) is 11.1. The first kappa shape index (κ1) is 33.6. The van der Waals surface area contributed by atoms with Crippen molar-refractivity contribution in [2.45, 2.75) is 44.9 Å². The van der Waals surface area contributed by atoms with Crippen LogP contribution < -0.4 is 15.8 Å². The number of aliphatic carboxylic acids is 1. The zero-order valence-electron chi connectivity index (χ0n) is 21.5. The number of ether oxygens (including phenoxy) is 1. The molecule has 0 aliphatic heterocycles. The number of benzene rings is 3.